The van der Waals surface area contributed by atoms with E-state index < -0.39 is 0 Å². The summed E-state index contributed by atoms with van der Waals surface area (Å²) in [7, 11) is 1.66. The second kappa shape index (κ2) is 6.86. The smallest absolute Gasteiger partial charge is 0.155 e. The maximum Gasteiger partial charge on any atom is 0.155 e. The third kappa shape index (κ3) is 3.45. The molecule has 20 heavy (non-hydrogen) atoms. The molecule has 0 spiro atoms. The first-order valence-corrected chi connectivity index (χ1v) is 6.65. The fourth-order valence-corrected chi connectivity index (χ4v) is 1.97. The number of hydrogen-bond acceptors (Lipinski definition) is 5. The van der Waals surface area contributed by atoms with E-state index in [0.29, 0.717) is 6.54 Å². The van der Waals surface area contributed by atoms with Crippen molar-refractivity contribution < 1.29 is 4.74 Å². The van der Waals surface area contributed by atoms with Gasteiger partial charge >= 0.3 is 0 Å². The number of anilines is 2. The minimum atomic E-state index is 0.645. The first-order valence-electron chi connectivity index (χ1n) is 6.65. The van der Waals surface area contributed by atoms with Crippen molar-refractivity contribution in [2.24, 2.45) is 5.73 Å². The zero-order chi connectivity index (χ0) is 14.4. The van der Waals surface area contributed by atoms with Crippen molar-refractivity contribution in [1.82, 2.24) is 10.2 Å². The molecule has 0 unspecified atom stereocenters. The van der Waals surface area contributed by atoms with Crippen LogP contribution in [-0.4, -0.2) is 30.4 Å². The number of nitrogens with two attached hydrogens (primary N) is 1. The van der Waals surface area contributed by atoms with Crippen molar-refractivity contribution in [3.05, 3.63) is 42.1 Å². The third-order valence-corrected chi connectivity index (χ3v) is 3.02. The summed E-state index contributed by atoms with van der Waals surface area (Å²) >= 11 is 0. The van der Waals surface area contributed by atoms with E-state index in [1.54, 1.807) is 13.3 Å². The van der Waals surface area contributed by atoms with Gasteiger partial charge in [-0.2, -0.15) is 5.10 Å². The Labute approximate surface area is 119 Å². The quantitative estimate of drug-likeness (QED) is 0.874. The van der Waals surface area contributed by atoms with Crippen LogP contribution in [0.4, 0.5) is 11.5 Å². The van der Waals surface area contributed by atoms with Gasteiger partial charge in [-0.3, -0.25) is 0 Å². The molecule has 2 rings (SSSR count). The highest BCUT2D eigenvalue weighted by Gasteiger charge is 2.11. The maximum atomic E-state index is 5.63. The third-order valence-electron chi connectivity index (χ3n) is 3.02. The average Bonchev–Trinajstić information content (AvgIpc) is 2.48. The highest BCUT2D eigenvalue weighted by atomic mass is 16.5. The predicted molar refractivity (Wildman–Crippen MR) is 80.4 cm³/mol. The number of aromatic nitrogens is 2. The number of methoxy groups -OCH3 is 1. The lowest BCUT2D eigenvalue weighted by Crippen LogP contribution is -2.22. The largest absolute Gasteiger partial charge is 0.497 e. The highest BCUT2D eigenvalue weighted by Crippen LogP contribution is 2.25. The van der Waals surface area contributed by atoms with Crippen LogP contribution in [-0.2, 0) is 0 Å². The first-order chi connectivity index (χ1) is 9.74. The first kappa shape index (κ1) is 14.3. The van der Waals surface area contributed by atoms with E-state index in [0.717, 1.165) is 35.8 Å². The van der Waals surface area contributed by atoms with Crippen LogP contribution in [0.25, 0.3) is 0 Å². The van der Waals surface area contributed by atoms with Crippen LogP contribution < -0.4 is 15.4 Å². The maximum absolute atomic E-state index is 5.63. The molecule has 0 fully saturated rings. The number of hydrogen-bond donors (Lipinski definition) is 1. The summed E-state index contributed by atoms with van der Waals surface area (Å²) in [5, 5.41) is 8.24. The standard InChI is InChI=1S/C15H20N4O/c1-12-10-15(18-17-11-12)19(9-3-8-16)13-4-6-14(20-2)7-5-13/h4-7,10-11H,3,8-9,16H2,1-2H3. The SMILES string of the molecule is COc1ccc(N(CCCN)c2cc(C)cnn2)cc1. The van der Waals surface area contributed by atoms with Gasteiger partial charge in [0.05, 0.1) is 13.3 Å². The van der Waals surface area contributed by atoms with Crippen molar-refractivity contribution >= 4 is 11.5 Å². The van der Waals surface area contributed by atoms with Crippen LogP contribution in [0.3, 0.4) is 0 Å². The molecule has 0 bridgehead atoms. The number of ether oxygens (including phenoxy) is 1. The minimum absolute atomic E-state index is 0.645. The van der Waals surface area contributed by atoms with Crippen molar-refractivity contribution in [2.75, 3.05) is 25.1 Å². The van der Waals surface area contributed by atoms with Gasteiger partial charge in [0.2, 0.25) is 0 Å². The van der Waals surface area contributed by atoms with Crippen molar-refractivity contribution in [1.29, 1.82) is 0 Å². The lowest BCUT2D eigenvalue weighted by atomic mass is 10.2. The van der Waals surface area contributed by atoms with E-state index in [1.165, 1.54) is 0 Å². The Balaban J connectivity index is 2.30. The van der Waals surface area contributed by atoms with Crippen LogP contribution in [0.15, 0.2) is 36.5 Å². The van der Waals surface area contributed by atoms with E-state index in [2.05, 4.69) is 15.1 Å². The molecule has 106 valence electrons. The monoisotopic (exact) mass is 272 g/mol. The van der Waals surface area contributed by atoms with Gasteiger partial charge in [0.1, 0.15) is 5.75 Å². The summed E-state index contributed by atoms with van der Waals surface area (Å²) in [6, 6.07) is 9.93. The van der Waals surface area contributed by atoms with Gasteiger partial charge in [-0.25, -0.2) is 0 Å². The van der Waals surface area contributed by atoms with Crippen LogP contribution in [0, 0.1) is 6.92 Å². The summed E-state index contributed by atoms with van der Waals surface area (Å²) in [5.41, 5.74) is 7.77. The van der Waals surface area contributed by atoms with Gasteiger partial charge in [0, 0.05) is 12.2 Å². The minimum Gasteiger partial charge on any atom is -0.497 e. The molecule has 5 heteroatoms. The van der Waals surface area contributed by atoms with E-state index in [1.807, 2.05) is 37.3 Å². The number of rotatable bonds is 6. The molecule has 0 saturated carbocycles. The Kier molecular flexibility index (Phi) is 4.90. The molecule has 0 amide bonds. The van der Waals surface area contributed by atoms with Crippen LogP contribution in [0.1, 0.15) is 12.0 Å². The lowest BCUT2D eigenvalue weighted by molar-refractivity contribution is 0.415. The second-order valence-corrected chi connectivity index (χ2v) is 4.58. The van der Waals surface area contributed by atoms with Crippen molar-refractivity contribution in [3.63, 3.8) is 0 Å². The summed E-state index contributed by atoms with van der Waals surface area (Å²) < 4.78 is 5.19. The Bertz CT molecular complexity index is 542. The molecule has 0 saturated heterocycles. The van der Waals surface area contributed by atoms with Gasteiger partial charge in [-0.15, -0.1) is 5.10 Å². The Morgan fingerprint density at radius 2 is 2.00 bits per heavy atom. The van der Waals surface area contributed by atoms with Crippen molar-refractivity contribution in [2.45, 2.75) is 13.3 Å². The number of benzene rings is 1. The van der Waals surface area contributed by atoms with E-state index in [4.69, 9.17) is 10.5 Å². The molecule has 1 heterocycles. The molecule has 2 N–H and O–H groups in total. The zero-order valence-electron chi connectivity index (χ0n) is 11.9. The molecular formula is C15H20N4O. The lowest BCUT2D eigenvalue weighted by Gasteiger charge is -2.23. The van der Waals surface area contributed by atoms with E-state index in [9.17, 15) is 0 Å². The molecule has 2 aromatic rings. The van der Waals surface area contributed by atoms with Crippen molar-refractivity contribution in [3.8, 4) is 5.75 Å². The summed E-state index contributed by atoms with van der Waals surface area (Å²) in [4.78, 5) is 2.12. The molecule has 1 aromatic heterocycles. The van der Waals surface area contributed by atoms with Gasteiger partial charge in [0.15, 0.2) is 5.82 Å². The second-order valence-electron chi connectivity index (χ2n) is 4.58. The van der Waals surface area contributed by atoms with Gasteiger partial charge in [-0.05, 0) is 55.8 Å². The Morgan fingerprint density at radius 3 is 2.60 bits per heavy atom. The molecule has 5 nitrogen and oxygen atoms in total. The Hall–Kier alpha value is -2.14. The molecule has 0 aliphatic heterocycles. The van der Waals surface area contributed by atoms with Gasteiger partial charge < -0.3 is 15.4 Å². The fraction of sp³-hybridized carbons (Fsp3) is 0.333. The zero-order valence-corrected chi connectivity index (χ0v) is 11.9. The molecule has 0 aliphatic carbocycles. The van der Waals surface area contributed by atoms with Crippen LogP contribution in [0.2, 0.25) is 0 Å². The molecule has 0 aliphatic rings. The summed E-state index contributed by atoms with van der Waals surface area (Å²) in [6.45, 7) is 3.46. The van der Waals surface area contributed by atoms with Gasteiger partial charge in [-0.1, -0.05) is 0 Å². The van der Waals surface area contributed by atoms with E-state index in [-0.39, 0.29) is 0 Å². The average molecular weight is 272 g/mol. The fourth-order valence-electron chi connectivity index (χ4n) is 1.97. The van der Waals surface area contributed by atoms with Crippen LogP contribution in [0.5, 0.6) is 5.75 Å². The molecule has 1 aromatic carbocycles. The topological polar surface area (TPSA) is 64.3 Å². The Morgan fingerprint density at radius 1 is 1.25 bits per heavy atom. The molecular weight excluding hydrogens is 252 g/mol. The summed E-state index contributed by atoms with van der Waals surface area (Å²) in [5.74, 6) is 1.67. The molecule has 0 radical (unpaired) electrons. The number of nitrogens with zero attached hydrogens (tertiary/aromatic N) is 3. The highest BCUT2D eigenvalue weighted by molar-refractivity contribution is 5.60. The van der Waals surface area contributed by atoms with Gasteiger partial charge in [0.25, 0.3) is 0 Å². The number of aryl methyl sites for hydroxylation is 1. The predicted octanol–water partition coefficient (Wildman–Crippen LogP) is 2.28. The molecule has 0 atom stereocenters. The van der Waals surface area contributed by atoms with Crippen LogP contribution >= 0.6 is 0 Å². The van der Waals surface area contributed by atoms with E-state index >= 15 is 0 Å². The normalized spacial score (nSPS) is 10.3. The summed E-state index contributed by atoms with van der Waals surface area (Å²) in [6.07, 6.45) is 2.64.